The summed E-state index contributed by atoms with van der Waals surface area (Å²) in [4.78, 5) is 2.49. The molecule has 13 heavy (non-hydrogen) atoms. The van der Waals surface area contributed by atoms with Gasteiger partial charge in [0.1, 0.15) is 0 Å². The monoisotopic (exact) mass is 174 g/mol. The molecular formula is C12H16N. The van der Waals surface area contributed by atoms with Crippen LogP contribution in [0.5, 0.6) is 0 Å². The quantitative estimate of drug-likeness (QED) is 0.632. The van der Waals surface area contributed by atoms with E-state index in [1.165, 1.54) is 25.1 Å². The van der Waals surface area contributed by atoms with Crippen molar-refractivity contribution < 1.29 is 0 Å². The Morgan fingerprint density at radius 3 is 2.54 bits per heavy atom. The predicted molar refractivity (Wildman–Crippen MR) is 55.9 cm³/mol. The molecule has 1 aromatic rings. The van der Waals surface area contributed by atoms with Gasteiger partial charge >= 0.3 is 0 Å². The third-order valence-electron chi connectivity index (χ3n) is 2.91. The molecule has 0 spiro atoms. The summed E-state index contributed by atoms with van der Waals surface area (Å²) in [7, 11) is 0. The standard InChI is InChI=1S/C12H16N/c1-12(2)9-6-10-13(12)11-7-4-3-5-8-11/h4-5,7-8H,6,9-10H2,1-2H3. The van der Waals surface area contributed by atoms with Crippen LogP contribution in [0.4, 0.5) is 5.69 Å². The fourth-order valence-corrected chi connectivity index (χ4v) is 2.14. The van der Waals surface area contributed by atoms with Gasteiger partial charge in [-0.05, 0) is 44.9 Å². The Kier molecular flexibility index (Phi) is 2.03. The second-order valence-electron chi connectivity index (χ2n) is 4.33. The molecule has 0 saturated carbocycles. The molecule has 1 saturated heterocycles. The Morgan fingerprint density at radius 2 is 2.00 bits per heavy atom. The summed E-state index contributed by atoms with van der Waals surface area (Å²) < 4.78 is 0. The van der Waals surface area contributed by atoms with E-state index in [0.29, 0.717) is 5.54 Å². The Labute approximate surface area is 80.4 Å². The molecule has 1 aliphatic rings. The minimum atomic E-state index is 0.335. The van der Waals surface area contributed by atoms with Crippen LogP contribution >= 0.6 is 0 Å². The van der Waals surface area contributed by atoms with E-state index < -0.39 is 0 Å². The zero-order valence-electron chi connectivity index (χ0n) is 8.38. The molecular weight excluding hydrogens is 158 g/mol. The first-order valence-electron chi connectivity index (χ1n) is 4.94. The molecule has 1 radical (unpaired) electrons. The Morgan fingerprint density at radius 1 is 1.31 bits per heavy atom. The van der Waals surface area contributed by atoms with Crippen LogP contribution in [0.3, 0.4) is 0 Å². The lowest BCUT2D eigenvalue weighted by atomic mass is 10.0. The van der Waals surface area contributed by atoms with Crippen LogP contribution in [0.1, 0.15) is 26.7 Å². The van der Waals surface area contributed by atoms with E-state index in [-0.39, 0.29) is 0 Å². The normalized spacial score (nSPS) is 20.6. The van der Waals surface area contributed by atoms with Crippen LogP contribution in [0.15, 0.2) is 24.3 Å². The lowest BCUT2D eigenvalue weighted by Crippen LogP contribution is -2.37. The molecule has 1 fully saturated rings. The van der Waals surface area contributed by atoms with E-state index >= 15 is 0 Å². The van der Waals surface area contributed by atoms with Crippen LogP contribution in [0, 0.1) is 6.07 Å². The summed E-state index contributed by atoms with van der Waals surface area (Å²) >= 11 is 0. The summed E-state index contributed by atoms with van der Waals surface area (Å²) in [6, 6.07) is 11.3. The average molecular weight is 174 g/mol. The van der Waals surface area contributed by atoms with E-state index in [1.54, 1.807) is 0 Å². The van der Waals surface area contributed by atoms with Gasteiger partial charge in [-0.15, -0.1) is 0 Å². The van der Waals surface area contributed by atoms with Crippen molar-refractivity contribution in [3.63, 3.8) is 0 Å². The molecule has 1 nitrogen and oxygen atoms in total. The average Bonchev–Trinajstić information content (AvgIpc) is 2.47. The smallest absolute Gasteiger partial charge is 0.0371 e. The molecule has 69 valence electrons. The lowest BCUT2D eigenvalue weighted by Gasteiger charge is -2.33. The Balaban J connectivity index is 2.27. The van der Waals surface area contributed by atoms with Crippen molar-refractivity contribution in [2.75, 3.05) is 11.4 Å². The second kappa shape index (κ2) is 3.06. The Bertz CT molecular complexity index is 276. The van der Waals surface area contributed by atoms with Crippen molar-refractivity contribution in [2.24, 2.45) is 0 Å². The number of anilines is 1. The summed E-state index contributed by atoms with van der Waals surface area (Å²) in [5.74, 6) is 0. The number of nitrogens with zero attached hydrogens (tertiary/aromatic N) is 1. The van der Waals surface area contributed by atoms with E-state index in [1.807, 2.05) is 12.1 Å². The highest BCUT2D eigenvalue weighted by molar-refractivity contribution is 5.49. The van der Waals surface area contributed by atoms with Crippen molar-refractivity contribution in [3.8, 4) is 0 Å². The fourth-order valence-electron chi connectivity index (χ4n) is 2.14. The van der Waals surface area contributed by atoms with Gasteiger partial charge in [0.2, 0.25) is 0 Å². The Hall–Kier alpha value is -0.980. The van der Waals surface area contributed by atoms with Gasteiger partial charge in [0.05, 0.1) is 0 Å². The van der Waals surface area contributed by atoms with E-state index in [0.717, 1.165) is 0 Å². The molecule has 0 aromatic heterocycles. The zero-order chi connectivity index (χ0) is 9.31. The maximum Gasteiger partial charge on any atom is 0.0371 e. The fraction of sp³-hybridized carbons (Fsp3) is 0.500. The number of hydrogen-bond donors (Lipinski definition) is 0. The molecule has 0 aliphatic carbocycles. The highest BCUT2D eigenvalue weighted by Crippen LogP contribution is 2.32. The summed E-state index contributed by atoms with van der Waals surface area (Å²) in [6.45, 7) is 5.82. The van der Waals surface area contributed by atoms with Gasteiger partial charge in [0.15, 0.2) is 0 Å². The summed E-state index contributed by atoms with van der Waals surface area (Å²) in [6.07, 6.45) is 2.61. The van der Waals surface area contributed by atoms with Crippen LogP contribution in [-0.4, -0.2) is 12.1 Å². The molecule has 0 unspecified atom stereocenters. The molecule has 0 N–H and O–H groups in total. The molecule has 1 aliphatic heterocycles. The van der Waals surface area contributed by atoms with Gasteiger partial charge in [-0.2, -0.15) is 0 Å². The maximum absolute atomic E-state index is 3.06. The van der Waals surface area contributed by atoms with E-state index in [9.17, 15) is 0 Å². The van der Waals surface area contributed by atoms with Gasteiger partial charge in [0.25, 0.3) is 0 Å². The molecule has 1 heterocycles. The van der Waals surface area contributed by atoms with E-state index in [2.05, 4.69) is 36.9 Å². The van der Waals surface area contributed by atoms with Gasteiger partial charge in [-0.25, -0.2) is 0 Å². The molecule has 1 heteroatoms. The van der Waals surface area contributed by atoms with Crippen molar-refractivity contribution >= 4 is 5.69 Å². The van der Waals surface area contributed by atoms with Crippen LogP contribution in [0.25, 0.3) is 0 Å². The lowest BCUT2D eigenvalue weighted by molar-refractivity contribution is 0.518. The number of rotatable bonds is 1. The first kappa shape index (κ1) is 8.61. The van der Waals surface area contributed by atoms with Crippen molar-refractivity contribution in [3.05, 3.63) is 30.3 Å². The maximum atomic E-state index is 3.06. The number of benzene rings is 1. The van der Waals surface area contributed by atoms with Gasteiger partial charge in [0, 0.05) is 17.8 Å². The minimum absolute atomic E-state index is 0.335. The third-order valence-corrected chi connectivity index (χ3v) is 2.91. The molecule has 0 bridgehead atoms. The third kappa shape index (κ3) is 1.55. The largest absolute Gasteiger partial charge is 0.366 e. The SMILES string of the molecule is CC1(C)CCCN1c1cc[c]cc1. The first-order chi connectivity index (χ1) is 6.20. The van der Waals surface area contributed by atoms with Crippen molar-refractivity contribution in [2.45, 2.75) is 32.2 Å². The van der Waals surface area contributed by atoms with Crippen LogP contribution in [-0.2, 0) is 0 Å². The van der Waals surface area contributed by atoms with Crippen molar-refractivity contribution in [1.82, 2.24) is 0 Å². The highest BCUT2D eigenvalue weighted by Gasteiger charge is 2.31. The second-order valence-corrected chi connectivity index (χ2v) is 4.33. The van der Waals surface area contributed by atoms with Gasteiger partial charge < -0.3 is 4.90 Å². The first-order valence-corrected chi connectivity index (χ1v) is 4.94. The molecule has 0 amide bonds. The van der Waals surface area contributed by atoms with Crippen molar-refractivity contribution in [1.29, 1.82) is 0 Å². The minimum Gasteiger partial charge on any atom is -0.366 e. The summed E-state index contributed by atoms with van der Waals surface area (Å²) in [5, 5.41) is 0. The molecule has 2 rings (SSSR count). The molecule has 0 atom stereocenters. The van der Waals surface area contributed by atoms with Crippen LogP contribution < -0.4 is 4.90 Å². The van der Waals surface area contributed by atoms with E-state index in [4.69, 9.17) is 0 Å². The topological polar surface area (TPSA) is 3.24 Å². The van der Waals surface area contributed by atoms with Crippen LogP contribution in [0.2, 0.25) is 0 Å². The summed E-state index contributed by atoms with van der Waals surface area (Å²) in [5.41, 5.74) is 1.67. The van der Waals surface area contributed by atoms with Gasteiger partial charge in [-0.1, -0.05) is 12.1 Å². The highest BCUT2D eigenvalue weighted by atomic mass is 15.2. The van der Waals surface area contributed by atoms with Gasteiger partial charge in [-0.3, -0.25) is 0 Å². The molecule has 1 aromatic carbocycles. The zero-order valence-corrected chi connectivity index (χ0v) is 8.38. The number of hydrogen-bond acceptors (Lipinski definition) is 1. The predicted octanol–water partition coefficient (Wildman–Crippen LogP) is 2.87.